The molecular formula is C44H44N8O. The summed E-state index contributed by atoms with van der Waals surface area (Å²) in [6, 6.07) is 41.5. The van der Waals surface area contributed by atoms with E-state index in [-0.39, 0.29) is 6.03 Å². The molecule has 1 N–H and O–H groups in total. The first-order valence-corrected chi connectivity index (χ1v) is 18.4. The van der Waals surface area contributed by atoms with Crippen molar-refractivity contribution in [3.05, 3.63) is 150 Å². The molecule has 0 spiro atoms. The van der Waals surface area contributed by atoms with E-state index in [1.54, 1.807) is 4.80 Å². The van der Waals surface area contributed by atoms with Crippen LogP contribution in [0.5, 0.6) is 0 Å². The number of tetrazole rings is 1. The van der Waals surface area contributed by atoms with E-state index in [9.17, 15) is 4.79 Å². The Kier molecular flexibility index (Phi) is 8.86. The quantitative estimate of drug-likeness (QED) is 0.168. The number of aromatic nitrogens is 6. The highest BCUT2D eigenvalue weighted by Gasteiger charge is 2.42. The maximum atomic E-state index is 13.8. The number of nitrogens with zero attached hydrogens (tertiary/aromatic N) is 7. The summed E-state index contributed by atoms with van der Waals surface area (Å²) in [5, 5.41) is 24.1. The van der Waals surface area contributed by atoms with E-state index in [1.165, 1.54) is 0 Å². The highest BCUT2D eigenvalue weighted by atomic mass is 16.2. The normalized spacial score (nSPS) is 13.7. The van der Waals surface area contributed by atoms with Gasteiger partial charge in [-0.25, -0.2) is 4.79 Å². The molecule has 8 rings (SSSR count). The smallest absolute Gasteiger partial charge is 0.321 e. The van der Waals surface area contributed by atoms with Crippen LogP contribution >= 0.6 is 0 Å². The van der Waals surface area contributed by atoms with Gasteiger partial charge < -0.3 is 10.2 Å². The molecule has 9 heteroatoms. The number of nitrogens with one attached hydrogen (secondary N) is 1. The highest BCUT2D eigenvalue weighted by Crippen LogP contribution is 2.45. The average molecular weight is 701 g/mol. The van der Waals surface area contributed by atoms with Gasteiger partial charge in [-0.2, -0.15) is 5.10 Å². The third-order valence-electron chi connectivity index (χ3n) is 10.4. The number of hydrogen-bond donors (Lipinski definition) is 1. The summed E-state index contributed by atoms with van der Waals surface area (Å²) >= 11 is 0. The fourth-order valence-electron chi connectivity index (χ4n) is 7.92. The fourth-order valence-corrected chi connectivity index (χ4v) is 7.92. The summed E-state index contributed by atoms with van der Waals surface area (Å²) < 4.78 is 1.88. The van der Waals surface area contributed by atoms with Crippen molar-refractivity contribution < 1.29 is 4.79 Å². The van der Waals surface area contributed by atoms with Crippen molar-refractivity contribution in [2.24, 2.45) is 7.05 Å². The summed E-state index contributed by atoms with van der Waals surface area (Å²) in [7, 11) is 1.95. The second-order valence-electron chi connectivity index (χ2n) is 14.9. The summed E-state index contributed by atoms with van der Waals surface area (Å²) in [6.45, 7) is 8.02. The van der Waals surface area contributed by atoms with E-state index >= 15 is 0 Å². The topological polar surface area (TPSA) is 93.8 Å². The minimum absolute atomic E-state index is 0.0847. The summed E-state index contributed by atoms with van der Waals surface area (Å²) in [5.41, 5.74) is 7.14. The molecule has 2 amide bonds. The molecule has 1 aliphatic heterocycles. The molecule has 7 aromatic rings. The second-order valence-corrected chi connectivity index (χ2v) is 14.9. The Morgan fingerprint density at radius 1 is 0.736 bits per heavy atom. The Bertz CT molecular complexity index is 2270. The number of likely N-dealkylation sites (tertiary alicyclic amines) is 1. The maximum absolute atomic E-state index is 13.8. The lowest BCUT2D eigenvalue weighted by molar-refractivity contribution is 0.200. The van der Waals surface area contributed by atoms with Crippen molar-refractivity contribution in [3.63, 3.8) is 0 Å². The molecule has 0 aliphatic carbocycles. The molecule has 2 aromatic heterocycles. The predicted octanol–water partition coefficient (Wildman–Crippen LogP) is 9.05. The van der Waals surface area contributed by atoms with Crippen molar-refractivity contribution >= 4 is 22.6 Å². The van der Waals surface area contributed by atoms with Crippen LogP contribution in [0.1, 0.15) is 62.3 Å². The summed E-state index contributed by atoms with van der Waals surface area (Å²) in [4.78, 5) is 17.4. The van der Waals surface area contributed by atoms with Crippen molar-refractivity contribution in [2.75, 3.05) is 18.4 Å². The van der Waals surface area contributed by atoms with Gasteiger partial charge in [-0.1, -0.05) is 124 Å². The van der Waals surface area contributed by atoms with Gasteiger partial charge in [0.2, 0.25) is 5.82 Å². The first-order chi connectivity index (χ1) is 25.7. The largest absolute Gasteiger partial charge is 0.325 e. The molecule has 9 nitrogen and oxygen atoms in total. The Balaban J connectivity index is 1.39. The fraction of sp³-hybridized carbons (Fsp3) is 0.250. The van der Waals surface area contributed by atoms with E-state index in [4.69, 9.17) is 15.4 Å². The minimum Gasteiger partial charge on any atom is -0.325 e. The molecular weight excluding hydrogens is 657 g/mol. The van der Waals surface area contributed by atoms with E-state index in [0.717, 1.165) is 87.9 Å². The van der Waals surface area contributed by atoms with Gasteiger partial charge in [-0.05, 0) is 81.5 Å². The van der Waals surface area contributed by atoms with Crippen LogP contribution < -0.4 is 5.32 Å². The van der Waals surface area contributed by atoms with Crippen LogP contribution in [0.15, 0.2) is 128 Å². The average Bonchev–Trinajstić information content (AvgIpc) is 3.83. The van der Waals surface area contributed by atoms with Crippen LogP contribution in [-0.4, -0.2) is 54.0 Å². The van der Waals surface area contributed by atoms with Gasteiger partial charge in [-0.3, -0.25) is 4.68 Å². The lowest BCUT2D eigenvalue weighted by atomic mass is 9.77. The van der Waals surface area contributed by atoms with Gasteiger partial charge in [0.1, 0.15) is 0 Å². The number of carbonyl (C=O) groups excluding carboxylic acids is 1. The first kappa shape index (κ1) is 34.0. The Hall–Kier alpha value is -6.09. The molecule has 0 bridgehead atoms. The van der Waals surface area contributed by atoms with E-state index in [0.29, 0.717) is 5.82 Å². The predicted molar refractivity (Wildman–Crippen MR) is 211 cm³/mol. The third-order valence-corrected chi connectivity index (χ3v) is 10.4. The number of piperidine rings is 1. The number of fused-ring (bicyclic) bond motifs is 1. The van der Waals surface area contributed by atoms with Gasteiger partial charge in [0, 0.05) is 36.8 Å². The number of carbonyl (C=O) groups is 1. The van der Waals surface area contributed by atoms with Crippen molar-refractivity contribution in [3.8, 4) is 22.5 Å². The molecule has 3 heterocycles. The van der Waals surface area contributed by atoms with Gasteiger partial charge in [0.15, 0.2) is 5.54 Å². The number of amides is 2. The zero-order valence-corrected chi connectivity index (χ0v) is 30.7. The SMILES string of the molecule is Cn1ncc2cc(-c3ccc(NC(=O)N4CCCCC4)c(C(C)(C)C)c3-c3nnn(C(c4ccccc4)(c4ccccc4)c4ccccc4)n3)ccc21. The number of rotatable bonds is 7. The van der Waals surface area contributed by atoms with Gasteiger partial charge in [0.05, 0.1) is 11.7 Å². The van der Waals surface area contributed by atoms with E-state index in [1.807, 2.05) is 83.5 Å². The van der Waals surface area contributed by atoms with Gasteiger partial charge in [-0.15, -0.1) is 15.0 Å². The Morgan fingerprint density at radius 3 is 1.92 bits per heavy atom. The number of anilines is 1. The molecule has 0 saturated carbocycles. The van der Waals surface area contributed by atoms with E-state index in [2.05, 4.69) is 91.9 Å². The molecule has 5 aromatic carbocycles. The number of hydrogen-bond acceptors (Lipinski definition) is 5. The second kappa shape index (κ2) is 13.8. The Labute approximate surface area is 310 Å². The number of aryl methyl sites for hydroxylation is 1. The summed E-state index contributed by atoms with van der Waals surface area (Å²) in [5.74, 6) is 0.470. The minimum atomic E-state index is -0.939. The summed E-state index contributed by atoms with van der Waals surface area (Å²) in [6.07, 6.45) is 5.06. The highest BCUT2D eigenvalue weighted by molar-refractivity contribution is 5.96. The van der Waals surface area contributed by atoms with Crippen LogP contribution in [0.25, 0.3) is 33.4 Å². The van der Waals surface area contributed by atoms with E-state index < -0.39 is 11.0 Å². The monoisotopic (exact) mass is 700 g/mol. The van der Waals surface area contributed by atoms with Crippen LogP contribution in [0.3, 0.4) is 0 Å². The molecule has 266 valence electrons. The zero-order valence-electron chi connectivity index (χ0n) is 30.7. The van der Waals surface area contributed by atoms with Crippen LogP contribution in [0.4, 0.5) is 10.5 Å². The van der Waals surface area contributed by atoms with Crippen molar-refractivity contribution in [1.82, 2.24) is 34.9 Å². The van der Waals surface area contributed by atoms with Gasteiger partial charge in [0.25, 0.3) is 0 Å². The van der Waals surface area contributed by atoms with Crippen molar-refractivity contribution in [2.45, 2.75) is 51.0 Å². The van der Waals surface area contributed by atoms with Crippen LogP contribution in [-0.2, 0) is 18.0 Å². The molecule has 53 heavy (non-hydrogen) atoms. The standard InChI is InChI=1S/C44H44N8O/c1-43(2,3)40-37(46-42(53)51-27-15-8-16-28-51)25-24-36(31-23-26-38-32(29-31)30-45-50(38)4)39(40)41-47-49-52(48-41)44(33-17-9-5-10-18-33,34-19-11-6-12-20-34)35-21-13-7-14-22-35/h5-7,9-14,17-26,29-30H,8,15-16,27-28H2,1-4H3,(H,46,53). The zero-order chi connectivity index (χ0) is 36.6. The number of benzene rings is 5. The number of urea groups is 1. The van der Waals surface area contributed by atoms with Crippen molar-refractivity contribution in [1.29, 1.82) is 0 Å². The molecule has 1 fully saturated rings. The molecule has 0 unspecified atom stereocenters. The molecule has 1 saturated heterocycles. The lowest BCUT2D eigenvalue weighted by Crippen LogP contribution is -2.39. The third kappa shape index (κ3) is 6.16. The maximum Gasteiger partial charge on any atom is 0.321 e. The molecule has 1 aliphatic rings. The van der Waals surface area contributed by atoms with Crippen LogP contribution in [0.2, 0.25) is 0 Å². The Morgan fingerprint density at radius 2 is 1.34 bits per heavy atom. The molecule has 0 radical (unpaired) electrons. The first-order valence-electron chi connectivity index (χ1n) is 18.4. The van der Waals surface area contributed by atoms with Gasteiger partial charge >= 0.3 is 6.03 Å². The lowest BCUT2D eigenvalue weighted by Gasteiger charge is -2.34. The molecule has 0 atom stereocenters. The van der Waals surface area contributed by atoms with Crippen LogP contribution in [0, 0.1) is 0 Å².